The van der Waals surface area contributed by atoms with Crippen molar-refractivity contribution in [2.24, 2.45) is 5.92 Å². The van der Waals surface area contributed by atoms with Gasteiger partial charge in [-0.05, 0) is 12.8 Å². The summed E-state index contributed by atoms with van der Waals surface area (Å²) in [4.78, 5) is 11.0. The van der Waals surface area contributed by atoms with Crippen LogP contribution in [0.25, 0.3) is 0 Å². The van der Waals surface area contributed by atoms with E-state index in [9.17, 15) is 4.79 Å². The quantitative estimate of drug-likeness (QED) is 0.488. The normalized spacial score (nSPS) is 28.0. The van der Waals surface area contributed by atoms with Gasteiger partial charge in [0, 0.05) is 12.3 Å². The average molecular weight is 124 g/mol. The maximum Gasteiger partial charge on any atom is 0.139 e. The fourth-order valence-corrected chi connectivity index (χ4v) is 1.26. The highest BCUT2D eigenvalue weighted by molar-refractivity contribution is 5.83. The summed E-state index contributed by atoms with van der Waals surface area (Å²) in [5, 5.41) is 0. The SMILES string of the molecule is C=CC1CCCCC1=O. The van der Waals surface area contributed by atoms with Crippen molar-refractivity contribution in [3.63, 3.8) is 0 Å². The molecule has 1 rings (SSSR count). The number of hydrogen-bond acceptors (Lipinski definition) is 1. The third kappa shape index (κ3) is 1.41. The van der Waals surface area contributed by atoms with E-state index in [1.165, 1.54) is 6.42 Å². The van der Waals surface area contributed by atoms with Crippen LogP contribution >= 0.6 is 0 Å². The second kappa shape index (κ2) is 2.81. The first-order chi connectivity index (χ1) is 4.34. The Kier molecular flexibility index (Phi) is 2.04. The van der Waals surface area contributed by atoms with Gasteiger partial charge in [0.05, 0.1) is 0 Å². The molecule has 50 valence electrons. The van der Waals surface area contributed by atoms with E-state index in [0.717, 1.165) is 19.3 Å². The van der Waals surface area contributed by atoms with Crippen LogP contribution in [0, 0.1) is 5.92 Å². The lowest BCUT2D eigenvalue weighted by Crippen LogP contribution is -2.15. The molecule has 0 N–H and O–H groups in total. The first-order valence-electron chi connectivity index (χ1n) is 3.50. The molecule has 1 aliphatic carbocycles. The van der Waals surface area contributed by atoms with Gasteiger partial charge in [0.1, 0.15) is 5.78 Å². The summed E-state index contributed by atoms with van der Waals surface area (Å²) < 4.78 is 0. The molecule has 1 fully saturated rings. The average Bonchev–Trinajstić information content (AvgIpc) is 1.89. The molecule has 9 heavy (non-hydrogen) atoms. The van der Waals surface area contributed by atoms with Crippen molar-refractivity contribution in [2.75, 3.05) is 0 Å². The van der Waals surface area contributed by atoms with E-state index in [1.807, 2.05) is 0 Å². The van der Waals surface area contributed by atoms with Gasteiger partial charge in [0.25, 0.3) is 0 Å². The van der Waals surface area contributed by atoms with Crippen molar-refractivity contribution in [1.29, 1.82) is 0 Å². The Labute approximate surface area is 55.8 Å². The Morgan fingerprint density at radius 1 is 1.56 bits per heavy atom. The summed E-state index contributed by atoms with van der Waals surface area (Å²) >= 11 is 0. The zero-order chi connectivity index (χ0) is 6.69. The molecule has 0 heterocycles. The highest BCUT2D eigenvalue weighted by Gasteiger charge is 2.17. The van der Waals surface area contributed by atoms with Gasteiger partial charge >= 0.3 is 0 Å². The largest absolute Gasteiger partial charge is 0.299 e. The van der Waals surface area contributed by atoms with Crippen molar-refractivity contribution in [1.82, 2.24) is 0 Å². The van der Waals surface area contributed by atoms with Gasteiger partial charge in [-0.1, -0.05) is 12.5 Å². The highest BCUT2D eigenvalue weighted by Crippen LogP contribution is 2.20. The van der Waals surface area contributed by atoms with Crippen molar-refractivity contribution in [3.8, 4) is 0 Å². The van der Waals surface area contributed by atoms with E-state index < -0.39 is 0 Å². The minimum atomic E-state index is 0.179. The number of carbonyl (C=O) groups is 1. The first kappa shape index (κ1) is 6.53. The number of ketones is 1. The van der Waals surface area contributed by atoms with Gasteiger partial charge < -0.3 is 0 Å². The van der Waals surface area contributed by atoms with E-state index >= 15 is 0 Å². The number of carbonyl (C=O) groups excluding carboxylic acids is 1. The molecule has 1 heteroatoms. The van der Waals surface area contributed by atoms with Gasteiger partial charge in [0.15, 0.2) is 0 Å². The smallest absolute Gasteiger partial charge is 0.139 e. The van der Waals surface area contributed by atoms with E-state index in [2.05, 4.69) is 6.58 Å². The summed E-state index contributed by atoms with van der Waals surface area (Å²) in [6.07, 6.45) is 5.87. The Morgan fingerprint density at radius 3 is 2.78 bits per heavy atom. The van der Waals surface area contributed by atoms with Crippen molar-refractivity contribution < 1.29 is 4.79 Å². The molecule has 0 amide bonds. The Morgan fingerprint density at radius 2 is 2.33 bits per heavy atom. The molecular formula is C8H12O. The van der Waals surface area contributed by atoms with Crippen molar-refractivity contribution in [2.45, 2.75) is 25.7 Å². The van der Waals surface area contributed by atoms with Crippen LogP contribution in [0.1, 0.15) is 25.7 Å². The molecule has 1 nitrogen and oxygen atoms in total. The second-order valence-corrected chi connectivity index (χ2v) is 2.55. The molecule has 1 unspecified atom stereocenters. The van der Waals surface area contributed by atoms with Gasteiger partial charge in [0.2, 0.25) is 0 Å². The zero-order valence-electron chi connectivity index (χ0n) is 5.60. The Hall–Kier alpha value is -0.590. The third-order valence-electron chi connectivity index (χ3n) is 1.89. The third-order valence-corrected chi connectivity index (χ3v) is 1.89. The summed E-state index contributed by atoms with van der Waals surface area (Å²) in [7, 11) is 0. The van der Waals surface area contributed by atoms with Gasteiger partial charge in [-0.15, -0.1) is 6.58 Å². The summed E-state index contributed by atoms with van der Waals surface area (Å²) in [5.41, 5.74) is 0. The molecule has 0 aromatic rings. The van der Waals surface area contributed by atoms with E-state index in [-0.39, 0.29) is 5.92 Å². The molecule has 0 aromatic carbocycles. The molecule has 0 spiro atoms. The predicted molar refractivity (Wildman–Crippen MR) is 37.2 cm³/mol. The van der Waals surface area contributed by atoms with Crippen molar-refractivity contribution in [3.05, 3.63) is 12.7 Å². The lowest BCUT2D eigenvalue weighted by molar-refractivity contribution is -0.122. The minimum Gasteiger partial charge on any atom is -0.299 e. The molecule has 0 saturated heterocycles. The molecular weight excluding hydrogens is 112 g/mol. The standard InChI is InChI=1S/C8H12O/c1-2-7-5-3-4-6-8(7)9/h2,7H,1,3-6H2. The van der Waals surface area contributed by atoms with Crippen LogP contribution in [0.3, 0.4) is 0 Å². The van der Waals surface area contributed by atoms with Crippen LogP contribution in [0.2, 0.25) is 0 Å². The molecule has 1 saturated carbocycles. The fourth-order valence-electron chi connectivity index (χ4n) is 1.26. The van der Waals surface area contributed by atoms with E-state index in [1.54, 1.807) is 6.08 Å². The molecule has 0 radical (unpaired) electrons. The van der Waals surface area contributed by atoms with Crippen LogP contribution in [0.4, 0.5) is 0 Å². The fraction of sp³-hybridized carbons (Fsp3) is 0.625. The zero-order valence-corrected chi connectivity index (χ0v) is 5.60. The lowest BCUT2D eigenvalue weighted by Gasteiger charge is -2.15. The van der Waals surface area contributed by atoms with Crippen molar-refractivity contribution >= 4 is 5.78 Å². The van der Waals surface area contributed by atoms with Crippen LogP contribution in [-0.4, -0.2) is 5.78 Å². The summed E-state index contributed by atoms with van der Waals surface area (Å²) in [5.74, 6) is 0.565. The number of rotatable bonds is 1. The number of Topliss-reactive ketones (excluding diaryl/α,β-unsaturated/α-hetero) is 1. The van der Waals surface area contributed by atoms with E-state index in [0.29, 0.717) is 5.78 Å². The van der Waals surface area contributed by atoms with Gasteiger partial charge in [-0.25, -0.2) is 0 Å². The highest BCUT2D eigenvalue weighted by atomic mass is 16.1. The summed E-state index contributed by atoms with van der Waals surface area (Å²) in [6, 6.07) is 0. The van der Waals surface area contributed by atoms with E-state index in [4.69, 9.17) is 0 Å². The topological polar surface area (TPSA) is 17.1 Å². The maximum atomic E-state index is 11.0. The number of hydrogen-bond donors (Lipinski definition) is 0. The molecule has 0 aliphatic heterocycles. The lowest BCUT2D eigenvalue weighted by atomic mass is 9.88. The minimum absolute atomic E-state index is 0.179. The van der Waals surface area contributed by atoms with Crippen LogP contribution in [0.5, 0.6) is 0 Å². The first-order valence-corrected chi connectivity index (χ1v) is 3.50. The maximum absolute atomic E-state index is 11.0. The Bertz CT molecular complexity index is 127. The molecule has 0 bridgehead atoms. The second-order valence-electron chi connectivity index (χ2n) is 2.55. The van der Waals surface area contributed by atoms with Crippen LogP contribution in [0.15, 0.2) is 12.7 Å². The number of allylic oxidation sites excluding steroid dienone is 1. The monoisotopic (exact) mass is 124 g/mol. The van der Waals surface area contributed by atoms with Crippen LogP contribution in [-0.2, 0) is 4.79 Å². The summed E-state index contributed by atoms with van der Waals surface area (Å²) in [6.45, 7) is 3.61. The van der Waals surface area contributed by atoms with Gasteiger partial charge in [-0.3, -0.25) is 4.79 Å². The molecule has 0 aromatic heterocycles. The Balaban J connectivity index is 2.48. The predicted octanol–water partition coefficient (Wildman–Crippen LogP) is 1.93. The molecule has 1 atom stereocenters. The van der Waals surface area contributed by atoms with Crippen LogP contribution < -0.4 is 0 Å². The van der Waals surface area contributed by atoms with Gasteiger partial charge in [-0.2, -0.15) is 0 Å². The molecule has 1 aliphatic rings.